The Morgan fingerprint density at radius 2 is 1.78 bits per heavy atom. The molecule has 2 fully saturated rings. The molecule has 0 bridgehead atoms. The first kappa shape index (κ1) is 27.0. The van der Waals surface area contributed by atoms with Crippen LogP contribution in [-0.4, -0.2) is 46.3 Å². The highest BCUT2D eigenvalue weighted by molar-refractivity contribution is 5.98. The van der Waals surface area contributed by atoms with Gasteiger partial charge in [-0.3, -0.25) is 19.2 Å². The fourth-order valence-corrected chi connectivity index (χ4v) is 6.76. The third-order valence-electron chi connectivity index (χ3n) is 8.74. The van der Waals surface area contributed by atoms with Crippen molar-refractivity contribution in [2.75, 3.05) is 0 Å². The Bertz CT molecular complexity index is 1140. The number of rotatable bonds is 3. The van der Waals surface area contributed by atoms with Crippen LogP contribution in [0.5, 0.6) is 0 Å². The molecule has 1 saturated carbocycles. The van der Waals surface area contributed by atoms with Crippen LogP contribution in [0.3, 0.4) is 0 Å². The molecule has 9 atom stereocenters. The van der Waals surface area contributed by atoms with Gasteiger partial charge in [0.2, 0.25) is 5.91 Å². The number of ketones is 2. The van der Waals surface area contributed by atoms with Gasteiger partial charge in [0, 0.05) is 30.7 Å². The van der Waals surface area contributed by atoms with Crippen LogP contribution in [-0.2, 0) is 30.3 Å². The van der Waals surface area contributed by atoms with Crippen molar-refractivity contribution in [3.05, 3.63) is 60.2 Å². The molecule has 2 aliphatic carbocycles. The summed E-state index contributed by atoms with van der Waals surface area (Å²) in [6, 6.07) is 9.53. The number of carbonyl (C=O) groups is 4. The van der Waals surface area contributed by atoms with Gasteiger partial charge >= 0.3 is 5.97 Å². The van der Waals surface area contributed by atoms with Gasteiger partial charge < -0.3 is 15.2 Å². The maximum absolute atomic E-state index is 14.1. The number of allylic oxidation sites excluding steroid dienone is 2. The Morgan fingerprint density at radius 3 is 2.43 bits per heavy atom. The van der Waals surface area contributed by atoms with Gasteiger partial charge in [0.1, 0.15) is 22.9 Å². The Balaban J connectivity index is 1.94. The minimum Gasteiger partial charge on any atom is -0.457 e. The molecule has 1 aromatic carbocycles. The van der Waals surface area contributed by atoms with Crippen molar-refractivity contribution >= 4 is 23.4 Å². The lowest BCUT2D eigenvalue weighted by Crippen LogP contribution is -2.60. The molecule has 0 unspecified atom stereocenters. The van der Waals surface area contributed by atoms with Crippen LogP contribution in [0.4, 0.5) is 0 Å². The average Bonchev–Trinajstić information content (AvgIpc) is 3.13. The molecule has 1 amide bonds. The largest absolute Gasteiger partial charge is 0.457 e. The Kier molecular flexibility index (Phi) is 7.30. The fraction of sp³-hybridized carbons (Fsp3) is 0.533. The summed E-state index contributed by atoms with van der Waals surface area (Å²) < 4.78 is 5.80. The number of nitrogens with one attached hydrogen (secondary N) is 1. The van der Waals surface area contributed by atoms with Crippen molar-refractivity contribution < 1.29 is 29.0 Å². The summed E-state index contributed by atoms with van der Waals surface area (Å²) in [7, 11) is 0. The van der Waals surface area contributed by atoms with Crippen LogP contribution in [0, 0.1) is 35.0 Å². The molecule has 0 aromatic heterocycles. The highest BCUT2D eigenvalue weighted by atomic mass is 16.5. The van der Waals surface area contributed by atoms with E-state index in [0.717, 1.165) is 5.56 Å². The molecular weight excluding hydrogens is 470 g/mol. The van der Waals surface area contributed by atoms with Crippen molar-refractivity contribution in [3.63, 3.8) is 0 Å². The lowest BCUT2D eigenvalue weighted by molar-refractivity contribution is -0.170. The lowest BCUT2D eigenvalue weighted by atomic mass is 9.50. The van der Waals surface area contributed by atoms with Gasteiger partial charge in [-0.25, -0.2) is 0 Å². The van der Waals surface area contributed by atoms with Crippen LogP contribution in [0.25, 0.3) is 0 Å². The highest BCUT2D eigenvalue weighted by Crippen LogP contribution is 2.57. The number of benzene rings is 1. The van der Waals surface area contributed by atoms with Crippen molar-refractivity contribution in [1.82, 2.24) is 5.32 Å². The molecule has 7 heteroatoms. The molecule has 1 spiro atoms. The maximum atomic E-state index is 14.1. The van der Waals surface area contributed by atoms with Gasteiger partial charge in [0.15, 0.2) is 5.78 Å². The van der Waals surface area contributed by atoms with E-state index in [4.69, 9.17) is 4.74 Å². The van der Waals surface area contributed by atoms with Crippen molar-refractivity contribution in [3.8, 4) is 0 Å². The SMILES string of the molecule is CC(=O)O[C@@H]1/C=C/[C@@](C)(O)C(=O)[C@@H](C)C/C=C/[C@H]2C(=O)[C@H](C)[C@@H](C)[C@H]3[C@H](Cc4ccccc4)NC(=O)[C@@]312. The van der Waals surface area contributed by atoms with Gasteiger partial charge in [-0.1, -0.05) is 63.3 Å². The topological polar surface area (TPSA) is 110 Å². The summed E-state index contributed by atoms with van der Waals surface area (Å²) in [4.78, 5) is 53.3. The number of hydrogen-bond donors (Lipinski definition) is 2. The molecule has 1 aliphatic heterocycles. The van der Waals surface area contributed by atoms with Crippen molar-refractivity contribution in [1.29, 1.82) is 0 Å². The van der Waals surface area contributed by atoms with Gasteiger partial charge in [-0.15, -0.1) is 0 Å². The third-order valence-corrected chi connectivity index (χ3v) is 8.74. The number of aliphatic hydroxyl groups is 1. The summed E-state index contributed by atoms with van der Waals surface area (Å²) in [6.45, 7) is 8.25. The maximum Gasteiger partial charge on any atom is 0.303 e. The first-order chi connectivity index (χ1) is 17.4. The Morgan fingerprint density at radius 1 is 1.11 bits per heavy atom. The zero-order chi connectivity index (χ0) is 27.1. The van der Waals surface area contributed by atoms with E-state index in [-0.39, 0.29) is 41.3 Å². The Labute approximate surface area is 218 Å². The molecule has 0 radical (unpaired) electrons. The van der Waals surface area contributed by atoms with Crippen LogP contribution < -0.4 is 5.32 Å². The number of Topliss-reactive ketones (excluding diaryl/α,β-unsaturated/α-hetero) is 2. The molecule has 1 saturated heterocycles. The van der Waals surface area contributed by atoms with Gasteiger partial charge in [-0.2, -0.15) is 0 Å². The molecule has 4 rings (SSSR count). The van der Waals surface area contributed by atoms with E-state index in [1.807, 2.05) is 44.2 Å². The molecular formula is C30H37NO6. The second-order valence-corrected chi connectivity index (χ2v) is 11.2. The number of carbonyl (C=O) groups excluding carboxylic acids is 4. The number of amides is 1. The number of hydrogen-bond acceptors (Lipinski definition) is 6. The minimum atomic E-state index is -1.83. The van der Waals surface area contributed by atoms with Crippen LogP contribution >= 0.6 is 0 Å². The monoisotopic (exact) mass is 507 g/mol. The van der Waals surface area contributed by atoms with E-state index in [9.17, 15) is 24.3 Å². The smallest absolute Gasteiger partial charge is 0.303 e. The second kappa shape index (κ2) is 10.0. The average molecular weight is 508 g/mol. The Hall–Kier alpha value is -3.06. The molecule has 3 aliphatic rings. The van der Waals surface area contributed by atoms with Crippen LogP contribution in [0.1, 0.15) is 46.6 Å². The van der Waals surface area contributed by atoms with E-state index >= 15 is 0 Å². The number of ether oxygens (including phenoxy) is 1. The molecule has 198 valence electrons. The van der Waals surface area contributed by atoms with E-state index in [1.54, 1.807) is 19.1 Å². The quantitative estimate of drug-likeness (QED) is 0.480. The summed E-state index contributed by atoms with van der Waals surface area (Å²) in [5.74, 6) is -3.68. The summed E-state index contributed by atoms with van der Waals surface area (Å²) in [5, 5.41) is 14.2. The van der Waals surface area contributed by atoms with Gasteiger partial charge in [0.05, 0.1) is 5.92 Å². The minimum absolute atomic E-state index is 0.0916. The summed E-state index contributed by atoms with van der Waals surface area (Å²) in [6.07, 6.45) is 5.98. The predicted molar refractivity (Wildman–Crippen MR) is 138 cm³/mol. The molecule has 1 aromatic rings. The second-order valence-electron chi connectivity index (χ2n) is 11.2. The number of esters is 1. The summed E-state index contributed by atoms with van der Waals surface area (Å²) >= 11 is 0. The summed E-state index contributed by atoms with van der Waals surface area (Å²) in [5.41, 5.74) is -2.20. The lowest BCUT2D eigenvalue weighted by Gasteiger charge is -2.50. The van der Waals surface area contributed by atoms with E-state index in [1.165, 1.54) is 26.0 Å². The molecule has 2 N–H and O–H groups in total. The van der Waals surface area contributed by atoms with Crippen LogP contribution in [0.15, 0.2) is 54.6 Å². The molecule has 37 heavy (non-hydrogen) atoms. The van der Waals surface area contributed by atoms with E-state index in [0.29, 0.717) is 12.8 Å². The standard InChI is InChI=1S/C30H37NO6/c1-17-10-9-13-22-26(33)19(3)18(2)25-23(16-21-11-7-6-8-12-21)31-28(35)30(22,25)24(37-20(4)32)14-15-29(5,36)27(17)34/h6-9,11-15,17-19,22-25,36H,10,16H2,1-5H3,(H,31,35)/b13-9+,15-14+/t17-,18+,19+,22-,23-,24+,25-,29+,30+/m0/s1. The third kappa shape index (κ3) is 4.58. The van der Waals surface area contributed by atoms with Gasteiger partial charge in [0.25, 0.3) is 0 Å². The highest BCUT2D eigenvalue weighted by Gasteiger charge is 2.69. The fourth-order valence-electron chi connectivity index (χ4n) is 6.76. The first-order valence-electron chi connectivity index (χ1n) is 13.1. The normalized spacial score (nSPS) is 41.6. The molecule has 1 heterocycles. The van der Waals surface area contributed by atoms with E-state index in [2.05, 4.69) is 5.32 Å². The van der Waals surface area contributed by atoms with Crippen molar-refractivity contribution in [2.24, 2.45) is 35.0 Å². The first-order valence-corrected chi connectivity index (χ1v) is 13.1. The van der Waals surface area contributed by atoms with E-state index < -0.39 is 34.9 Å². The molecule has 7 nitrogen and oxygen atoms in total. The van der Waals surface area contributed by atoms with Gasteiger partial charge in [-0.05, 0) is 43.4 Å². The van der Waals surface area contributed by atoms with Crippen molar-refractivity contribution in [2.45, 2.75) is 65.2 Å². The zero-order valence-corrected chi connectivity index (χ0v) is 22.1. The zero-order valence-electron chi connectivity index (χ0n) is 22.1. The van der Waals surface area contributed by atoms with Crippen LogP contribution in [0.2, 0.25) is 0 Å². The predicted octanol–water partition coefficient (Wildman–Crippen LogP) is 3.21.